The maximum Gasteiger partial charge on any atom is 0.125 e. The first-order valence-electron chi connectivity index (χ1n) is 7.19. The first-order valence-corrected chi connectivity index (χ1v) is 7.57. The molecule has 0 heterocycles. The number of ether oxygens (including phenoxy) is 1. The standard InChI is InChI=1S/C16H26ClNO2/c1-5-16(4,19)11-20-15-8-6-7-14(17)13(15)10-18-9-12(2)3/h6-8,12,18-19H,5,9-11H2,1-4H3. The highest BCUT2D eigenvalue weighted by Crippen LogP contribution is 2.27. The van der Waals surface area contributed by atoms with Gasteiger partial charge < -0.3 is 15.2 Å². The number of nitrogens with one attached hydrogen (secondary N) is 1. The zero-order valence-corrected chi connectivity index (χ0v) is 13.6. The zero-order valence-electron chi connectivity index (χ0n) is 12.9. The van der Waals surface area contributed by atoms with E-state index >= 15 is 0 Å². The highest BCUT2D eigenvalue weighted by Gasteiger charge is 2.19. The van der Waals surface area contributed by atoms with Crippen molar-refractivity contribution in [3.05, 3.63) is 28.8 Å². The molecule has 0 aliphatic carbocycles. The van der Waals surface area contributed by atoms with E-state index in [1.807, 2.05) is 25.1 Å². The normalized spacial score (nSPS) is 14.3. The van der Waals surface area contributed by atoms with E-state index in [4.69, 9.17) is 16.3 Å². The summed E-state index contributed by atoms with van der Waals surface area (Å²) >= 11 is 6.25. The van der Waals surface area contributed by atoms with E-state index < -0.39 is 5.60 Å². The van der Waals surface area contributed by atoms with Crippen LogP contribution in [0.3, 0.4) is 0 Å². The lowest BCUT2D eigenvalue weighted by Gasteiger charge is -2.23. The van der Waals surface area contributed by atoms with E-state index in [9.17, 15) is 5.11 Å². The molecule has 1 atom stereocenters. The number of hydrogen-bond donors (Lipinski definition) is 2. The van der Waals surface area contributed by atoms with Crippen molar-refractivity contribution in [3.8, 4) is 5.75 Å². The van der Waals surface area contributed by atoms with Crippen molar-refractivity contribution in [2.45, 2.75) is 46.3 Å². The van der Waals surface area contributed by atoms with Gasteiger partial charge in [0.25, 0.3) is 0 Å². The van der Waals surface area contributed by atoms with Crippen LogP contribution in [-0.2, 0) is 6.54 Å². The average Bonchev–Trinajstić information content (AvgIpc) is 2.38. The molecule has 4 heteroatoms. The van der Waals surface area contributed by atoms with Crippen LogP contribution in [-0.4, -0.2) is 23.9 Å². The van der Waals surface area contributed by atoms with Crippen LogP contribution in [0, 0.1) is 5.92 Å². The highest BCUT2D eigenvalue weighted by molar-refractivity contribution is 6.31. The van der Waals surface area contributed by atoms with Crippen molar-refractivity contribution >= 4 is 11.6 Å². The van der Waals surface area contributed by atoms with Crippen molar-refractivity contribution < 1.29 is 9.84 Å². The molecule has 2 N–H and O–H groups in total. The number of rotatable bonds is 8. The molecule has 1 aromatic carbocycles. The smallest absolute Gasteiger partial charge is 0.125 e. The Bertz CT molecular complexity index is 419. The molecule has 1 unspecified atom stereocenters. The van der Waals surface area contributed by atoms with E-state index in [1.165, 1.54) is 0 Å². The number of hydrogen-bond acceptors (Lipinski definition) is 3. The van der Waals surface area contributed by atoms with E-state index in [-0.39, 0.29) is 6.61 Å². The van der Waals surface area contributed by atoms with Gasteiger partial charge in [0, 0.05) is 17.1 Å². The van der Waals surface area contributed by atoms with E-state index in [0.29, 0.717) is 23.9 Å². The maximum atomic E-state index is 10.0. The Kier molecular flexibility index (Phi) is 6.80. The van der Waals surface area contributed by atoms with Gasteiger partial charge >= 0.3 is 0 Å². The minimum Gasteiger partial charge on any atom is -0.490 e. The molecule has 114 valence electrons. The quantitative estimate of drug-likeness (QED) is 0.770. The third-order valence-electron chi connectivity index (χ3n) is 3.23. The van der Waals surface area contributed by atoms with Crippen LogP contribution in [0.25, 0.3) is 0 Å². The lowest BCUT2D eigenvalue weighted by Crippen LogP contribution is -2.31. The van der Waals surface area contributed by atoms with Crippen LogP contribution in [0.15, 0.2) is 18.2 Å². The number of aliphatic hydroxyl groups is 1. The van der Waals surface area contributed by atoms with Gasteiger partial charge in [-0.1, -0.05) is 38.4 Å². The number of benzene rings is 1. The van der Waals surface area contributed by atoms with Gasteiger partial charge in [-0.3, -0.25) is 0 Å². The summed E-state index contributed by atoms with van der Waals surface area (Å²) in [6.07, 6.45) is 0.647. The van der Waals surface area contributed by atoms with Crippen LogP contribution >= 0.6 is 11.6 Å². The summed E-state index contributed by atoms with van der Waals surface area (Å²) in [5, 5.41) is 14.1. The van der Waals surface area contributed by atoms with E-state index in [0.717, 1.165) is 17.9 Å². The van der Waals surface area contributed by atoms with Gasteiger partial charge in [-0.05, 0) is 37.9 Å². The second-order valence-corrected chi connectivity index (χ2v) is 6.29. The Morgan fingerprint density at radius 2 is 2.10 bits per heavy atom. The molecule has 3 nitrogen and oxygen atoms in total. The Morgan fingerprint density at radius 3 is 2.70 bits per heavy atom. The molecule has 1 aromatic rings. The van der Waals surface area contributed by atoms with Gasteiger partial charge in [-0.25, -0.2) is 0 Å². The molecule has 0 amide bonds. The summed E-state index contributed by atoms with van der Waals surface area (Å²) in [6.45, 7) is 9.89. The van der Waals surface area contributed by atoms with Crippen LogP contribution in [0.1, 0.15) is 39.7 Å². The first kappa shape index (κ1) is 17.3. The number of halogens is 1. The van der Waals surface area contributed by atoms with Crippen LogP contribution in [0.4, 0.5) is 0 Å². The molecule has 0 saturated heterocycles. The Balaban J connectivity index is 2.72. The van der Waals surface area contributed by atoms with Gasteiger partial charge in [0.15, 0.2) is 0 Å². The van der Waals surface area contributed by atoms with Crippen molar-refractivity contribution in [1.82, 2.24) is 5.32 Å². The van der Waals surface area contributed by atoms with Crippen LogP contribution < -0.4 is 10.1 Å². The molecule has 0 fully saturated rings. The van der Waals surface area contributed by atoms with E-state index in [1.54, 1.807) is 6.92 Å². The molecular weight excluding hydrogens is 274 g/mol. The average molecular weight is 300 g/mol. The minimum atomic E-state index is -0.815. The maximum absolute atomic E-state index is 10.0. The second-order valence-electron chi connectivity index (χ2n) is 5.88. The fraction of sp³-hybridized carbons (Fsp3) is 0.625. The van der Waals surface area contributed by atoms with Gasteiger partial charge in [0.1, 0.15) is 12.4 Å². The van der Waals surface area contributed by atoms with Crippen molar-refractivity contribution in [3.63, 3.8) is 0 Å². The van der Waals surface area contributed by atoms with Crippen molar-refractivity contribution in [1.29, 1.82) is 0 Å². The summed E-state index contributed by atoms with van der Waals surface area (Å²) in [6, 6.07) is 5.62. The highest BCUT2D eigenvalue weighted by atomic mass is 35.5. The Morgan fingerprint density at radius 1 is 1.40 bits per heavy atom. The van der Waals surface area contributed by atoms with Crippen molar-refractivity contribution in [2.75, 3.05) is 13.2 Å². The summed E-state index contributed by atoms with van der Waals surface area (Å²) in [5.41, 5.74) is 0.132. The monoisotopic (exact) mass is 299 g/mol. The van der Waals surface area contributed by atoms with Gasteiger partial charge in [0.05, 0.1) is 5.60 Å². The zero-order chi connectivity index (χ0) is 15.2. The lowest BCUT2D eigenvalue weighted by molar-refractivity contribution is 0.00816. The lowest BCUT2D eigenvalue weighted by atomic mass is 10.1. The second kappa shape index (κ2) is 7.87. The predicted molar refractivity (Wildman–Crippen MR) is 84.4 cm³/mol. The predicted octanol–water partition coefficient (Wildman–Crippen LogP) is 3.63. The third kappa shape index (κ3) is 5.70. The summed E-state index contributed by atoms with van der Waals surface area (Å²) in [4.78, 5) is 0. The molecule has 0 spiro atoms. The fourth-order valence-corrected chi connectivity index (χ4v) is 1.90. The van der Waals surface area contributed by atoms with E-state index in [2.05, 4.69) is 19.2 Å². The Labute approximate surface area is 127 Å². The molecule has 0 radical (unpaired) electrons. The molecule has 1 rings (SSSR count). The summed E-state index contributed by atoms with van der Waals surface area (Å²) in [5.74, 6) is 1.32. The summed E-state index contributed by atoms with van der Waals surface area (Å²) < 4.78 is 5.76. The van der Waals surface area contributed by atoms with Crippen molar-refractivity contribution in [2.24, 2.45) is 5.92 Å². The van der Waals surface area contributed by atoms with Crippen LogP contribution in [0.2, 0.25) is 5.02 Å². The summed E-state index contributed by atoms with van der Waals surface area (Å²) in [7, 11) is 0. The fourth-order valence-electron chi connectivity index (χ4n) is 1.67. The molecular formula is C16H26ClNO2. The molecule has 0 bridgehead atoms. The minimum absolute atomic E-state index is 0.265. The first-order chi connectivity index (χ1) is 9.35. The topological polar surface area (TPSA) is 41.5 Å². The molecule has 0 aromatic heterocycles. The molecule has 0 aliphatic rings. The Hall–Kier alpha value is -0.770. The van der Waals surface area contributed by atoms with Gasteiger partial charge in [-0.15, -0.1) is 0 Å². The SMILES string of the molecule is CCC(C)(O)COc1cccc(Cl)c1CNCC(C)C. The third-order valence-corrected chi connectivity index (χ3v) is 3.58. The van der Waals surface area contributed by atoms with Gasteiger partial charge in [0.2, 0.25) is 0 Å². The molecule has 0 saturated carbocycles. The molecule has 0 aliphatic heterocycles. The van der Waals surface area contributed by atoms with Crippen LogP contribution in [0.5, 0.6) is 5.75 Å². The molecule has 20 heavy (non-hydrogen) atoms. The van der Waals surface area contributed by atoms with Gasteiger partial charge in [-0.2, -0.15) is 0 Å². The largest absolute Gasteiger partial charge is 0.490 e.